The lowest BCUT2D eigenvalue weighted by Gasteiger charge is -2.19. The van der Waals surface area contributed by atoms with Crippen LogP contribution in [0.4, 0.5) is 0 Å². The Morgan fingerprint density at radius 1 is 1.39 bits per heavy atom. The quantitative estimate of drug-likeness (QED) is 0.888. The molecule has 98 valence electrons. The lowest BCUT2D eigenvalue weighted by Crippen LogP contribution is -2.37. The standard InChI is InChI=1S/C14H21N3S/c1-10-13(11-6-5-9-18-11)17-12(16-10)7-8-15-14(2,3)4/h5-6,9,15H,7-8H2,1-4H3,(H,16,17). The Morgan fingerprint density at radius 3 is 2.78 bits per heavy atom. The molecular weight excluding hydrogens is 242 g/mol. The molecule has 0 unspecified atom stereocenters. The number of H-pyrrole nitrogens is 1. The second kappa shape index (κ2) is 5.24. The molecule has 0 spiro atoms. The maximum atomic E-state index is 4.69. The monoisotopic (exact) mass is 263 g/mol. The van der Waals surface area contributed by atoms with Crippen LogP contribution in [0.3, 0.4) is 0 Å². The predicted octanol–water partition coefficient (Wildman–Crippen LogP) is 3.38. The van der Waals surface area contributed by atoms with E-state index in [1.807, 2.05) is 0 Å². The van der Waals surface area contributed by atoms with Crippen molar-refractivity contribution < 1.29 is 0 Å². The summed E-state index contributed by atoms with van der Waals surface area (Å²) in [5, 5.41) is 5.56. The molecule has 2 heterocycles. The van der Waals surface area contributed by atoms with E-state index in [0.29, 0.717) is 0 Å². The van der Waals surface area contributed by atoms with Gasteiger partial charge in [-0.2, -0.15) is 0 Å². The minimum absolute atomic E-state index is 0.165. The summed E-state index contributed by atoms with van der Waals surface area (Å²) in [4.78, 5) is 9.30. The summed E-state index contributed by atoms with van der Waals surface area (Å²) >= 11 is 1.73. The average Bonchev–Trinajstić information content (AvgIpc) is 2.85. The zero-order chi connectivity index (χ0) is 13.2. The molecule has 0 aromatic carbocycles. The van der Waals surface area contributed by atoms with Gasteiger partial charge in [0.05, 0.1) is 4.88 Å². The molecule has 4 heteroatoms. The maximum Gasteiger partial charge on any atom is 0.108 e. The van der Waals surface area contributed by atoms with Crippen molar-refractivity contribution >= 4 is 11.3 Å². The van der Waals surface area contributed by atoms with Crippen LogP contribution in [0.5, 0.6) is 0 Å². The van der Waals surface area contributed by atoms with Crippen LogP contribution >= 0.6 is 11.3 Å². The summed E-state index contributed by atoms with van der Waals surface area (Å²) in [7, 11) is 0. The van der Waals surface area contributed by atoms with Crippen LogP contribution in [-0.4, -0.2) is 22.1 Å². The van der Waals surface area contributed by atoms with Gasteiger partial charge in [0.25, 0.3) is 0 Å². The Bertz CT molecular complexity index is 492. The SMILES string of the molecule is Cc1[nH]c(CCNC(C)(C)C)nc1-c1cccs1. The van der Waals surface area contributed by atoms with Crippen molar-refractivity contribution in [1.82, 2.24) is 15.3 Å². The van der Waals surface area contributed by atoms with Gasteiger partial charge in [0.2, 0.25) is 0 Å². The molecule has 0 saturated carbocycles. The number of aromatic amines is 1. The maximum absolute atomic E-state index is 4.69. The predicted molar refractivity (Wildman–Crippen MR) is 78.1 cm³/mol. The van der Waals surface area contributed by atoms with Gasteiger partial charge in [-0.15, -0.1) is 11.3 Å². The molecule has 18 heavy (non-hydrogen) atoms. The van der Waals surface area contributed by atoms with Crippen molar-refractivity contribution in [3.05, 3.63) is 29.0 Å². The first kappa shape index (κ1) is 13.3. The number of aromatic nitrogens is 2. The van der Waals surface area contributed by atoms with E-state index in [1.54, 1.807) is 11.3 Å². The van der Waals surface area contributed by atoms with Crippen molar-refractivity contribution in [3.8, 4) is 10.6 Å². The van der Waals surface area contributed by atoms with E-state index in [2.05, 4.69) is 60.5 Å². The highest BCUT2D eigenvalue weighted by Crippen LogP contribution is 2.25. The second-order valence-electron chi connectivity index (χ2n) is 5.56. The topological polar surface area (TPSA) is 40.7 Å². The van der Waals surface area contributed by atoms with Gasteiger partial charge in [0.15, 0.2) is 0 Å². The Balaban J connectivity index is 2.01. The molecule has 3 nitrogen and oxygen atoms in total. The summed E-state index contributed by atoms with van der Waals surface area (Å²) in [6.07, 6.45) is 0.934. The highest BCUT2D eigenvalue weighted by molar-refractivity contribution is 7.13. The third kappa shape index (κ3) is 3.43. The third-order valence-electron chi connectivity index (χ3n) is 2.71. The van der Waals surface area contributed by atoms with Crippen LogP contribution in [-0.2, 0) is 6.42 Å². The average molecular weight is 263 g/mol. The zero-order valence-corrected chi connectivity index (χ0v) is 12.3. The first-order valence-electron chi connectivity index (χ1n) is 6.30. The lowest BCUT2D eigenvalue weighted by atomic mass is 10.1. The number of aryl methyl sites for hydroxylation is 1. The summed E-state index contributed by atoms with van der Waals surface area (Å²) in [6, 6.07) is 4.18. The molecule has 0 atom stereocenters. The van der Waals surface area contributed by atoms with Crippen LogP contribution in [0.15, 0.2) is 17.5 Å². The number of rotatable bonds is 4. The summed E-state index contributed by atoms with van der Waals surface area (Å²) in [5.74, 6) is 1.06. The molecule has 2 aromatic rings. The van der Waals surface area contributed by atoms with Gasteiger partial charge in [-0.05, 0) is 39.1 Å². The number of hydrogen-bond acceptors (Lipinski definition) is 3. The normalized spacial score (nSPS) is 12.0. The first-order chi connectivity index (χ1) is 8.46. The van der Waals surface area contributed by atoms with E-state index in [0.717, 1.165) is 30.2 Å². The molecule has 0 aliphatic rings. The van der Waals surface area contributed by atoms with E-state index < -0.39 is 0 Å². The molecule has 0 aliphatic carbocycles. The molecule has 2 aromatic heterocycles. The summed E-state index contributed by atoms with van der Waals surface area (Å²) in [6.45, 7) is 9.56. The van der Waals surface area contributed by atoms with Gasteiger partial charge in [0.1, 0.15) is 11.5 Å². The van der Waals surface area contributed by atoms with E-state index in [9.17, 15) is 0 Å². The largest absolute Gasteiger partial charge is 0.346 e. The fourth-order valence-electron chi connectivity index (χ4n) is 1.85. The van der Waals surface area contributed by atoms with Crippen LogP contribution in [0.25, 0.3) is 10.6 Å². The van der Waals surface area contributed by atoms with Crippen molar-refractivity contribution in [2.75, 3.05) is 6.54 Å². The molecule has 0 fully saturated rings. The van der Waals surface area contributed by atoms with Crippen molar-refractivity contribution in [3.63, 3.8) is 0 Å². The van der Waals surface area contributed by atoms with Gasteiger partial charge in [-0.3, -0.25) is 0 Å². The van der Waals surface area contributed by atoms with Gasteiger partial charge in [-0.25, -0.2) is 4.98 Å². The number of nitrogens with one attached hydrogen (secondary N) is 2. The number of nitrogens with zero attached hydrogens (tertiary/aromatic N) is 1. The number of hydrogen-bond donors (Lipinski definition) is 2. The fourth-order valence-corrected chi connectivity index (χ4v) is 2.62. The minimum Gasteiger partial charge on any atom is -0.346 e. The molecule has 2 N–H and O–H groups in total. The third-order valence-corrected chi connectivity index (χ3v) is 3.58. The van der Waals surface area contributed by atoms with Crippen LogP contribution in [0.2, 0.25) is 0 Å². The van der Waals surface area contributed by atoms with Gasteiger partial charge in [-0.1, -0.05) is 6.07 Å². The Hall–Kier alpha value is -1.13. The molecule has 0 saturated heterocycles. The van der Waals surface area contributed by atoms with Gasteiger partial charge in [0, 0.05) is 24.2 Å². The minimum atomic E-state index is 0.165. The van der Waals surface area contributed by atoms with E-state index in [4.69, 9.17) is 0 Å². The Kier molecular flexibility index (Phi) is 3.88. The van der Waals surface area contributed by atoms with Gasteiger partial charge < -0.3 is 10.3 Å². The molecule has 2 rings (SSSR count). The zero-order valence-electron chi connectivity index (χ0n) is 11.5. The van der Waals surface area contributed by atoms with Crippen LogP contribution in [0, 0.1) is 6.92 Å². The highest BCUT2D eigenvalue weighted by atomic mass is 32.1. The van der Waals surface area contributed by atoms with Crippen LogP contribution < -0.4 is 5.32 Å². The molecule has 0 radical (unpaired) electrons. The summed E-state index contributed by atoms with van der Waals surface area (Å²) in [5.41, 5.74) is 2.41. The fraction of sp³-hybridized carbons (Fsp3) is 0.500. The first-order valence-corrected chi connectivity index (χ1v) is 7.18. The second-order valence-corrected chi connectivity index (χ2v) is 6.51. The highest BCUT2D eigenvalue weighted by Gasteiger charge is 2.11. The summed E-state index contributed by atoms with van der Waals surface area (Å²) < 4.78 is 0. The van der Waals surface area contributed by atoms with Gasteiger partial charge >= 0.3 is 0 Å². The number of thiophene rings is 1. The smallest absolute Gasteiger partial charge is 0.108 e. The lowest BCUT2D eigenvalue weighted by molar-refractivity contribution is 0.427. The van der Waals surface area contributed by atoms with Crippen molar-refractivity contribution in [2.24, 2.45) is 0 Å². The molecule has 0 aliphatic heterocycles. The van der Waals surface area contributed by atoms with E-state index >= 15 is 0 Å². The van der Waals surface area contributed by atoms with Crippen molar-refractivity contribution in [2.45, 2.75) is 39.7 Å². The Labute approximate surface area is 113 Å². The molecular formula is C14H21N3S. The Morgan fingerprint density at radius 2 is 2.17 bits per heavy atom. The molecule has 0 bridgehead atoms. The number of imidazole rings is 1. The molecule has 0 amide bonds. The van der Waals surface area contributed by atoms with Crippen molar-refractivity contribution in [1.29, 1.82) is 0 Å². The van der Waals surface area contributed by atoms with E-state index in [1.165, 1.54) is 4.88 Å². The van der Waals surface area contributed by atoms with Crippen LogP contribution in [0.1, 0.15) is 32.3 Å². The van der Waals surface area contributed by atoms with E-state index in [-0.39, 0.29) is 5.54 Å².